The highest BCUT2D eigenvalue weighted by Crippen LogP contribution is 2.29. The number of benzene rings is 2. The molecule has 0 aromatic heterocycles. The third kappa shape index (κ3) is 4.56. The van der Waals surface area contributed by atoms with Crippen molar-refractivity contribution in [2.24, 2.45) is 5.92 Å². The van der Waals surface area contributed by atoms with Gasteiger partial charge in [-0.3, -0.25) is 14.5 Å². The van der Waals surface area contributed by atoms with Crippen LogP contribution in [0.2, 0.25) is 0 Å². The molecule has 1 aliphatic heterocycles. The van der Waals surface area contributed by atoms with Crippen LogP contribution in [0.1, 0.15) is 25.8 Å². The smallest absolute Gasteiger partial charge is 0.323 e. The third-order valence-electron chi connectivity index (χ3n) is 5.19. The van der Waals surface area contributed by atoms with E-state index in [2.05, 4.69) is 16.0 Å². The van der Waals surface area contributed by atoms with E-state index in [1.165, 1.54) is 4.90 Å². The first-order valence-electron chi connectivity index (χ1n) is 9.74. The van der Waals surface area contributed by atoms with Crippen LogP contribution < -0.4 is 20.9 Å². The second-order valence-corrected chi connectivity index (χ2v) is 7.27. The molecule has 0 aliphatic carbocycles. The van der Waals surface area contributed by atoms with Gasteiger partial charge in [0.2, 0.25) is 11.8 Å². The summed E-state index contributed by atoms with van der Waals surface area (Å²) >= 11 is 0. The highest BCUT2D eigenvalue weighted by Gasteiger charge is 2.32. The molecule has 2 unspecified atom stereocenters. The Hall–Kier alpha value is -3.35. The van der Waals surface area contributed by atoms with Crippen molar-refractivity contribution in [3.05, 3.63) is 54.1 Å². The van der Waals surface area contributed by atoms with E-state index < -0.39 is 12.1 Å². The summed E-state index contributed by atoms with van der Waals surface area (Å²) in [7, 11) is 0. The summed E-state index contributed by atoms with van der Waals surface area (Å²) < 4.78 is 0. The minimum Gasteiger partial charge on any atom is -0.326 e. The molecule has 0 radical (unpaired) electrons. The molecule has 7 heteroatoms. The van der Waals surface area contributed by atoms with Gasteiger partial charge in [-0.2, -0.15) is 0 Å². The summed E-state index contributed by atoms with van der Waals surface area (Å²) in [6.45, 7) is 5.69. The van der Waals surface area contributed by atoms with E-state index in [0.29, 0.717) is 23.5 Å². The highest BCUT2D eigenvalue weighted by molar-refractivity contribution is 6.10. The molecule has 4 amide bonds. The number of nitrogens with zero attached hydrogens (tertiary/aromatic N) is 1. The molecule has 0 saturated carbocycles. The molecule has 1 heterocycles. The Kier molecular flexibility index (Phi) is 6.16. The van der Waals surface area contributed by atoms with Crippen molar-refractivity contribution >= 4 is 34.9 Å². The molecule has 29 heavy (non-hydrogen) atoms. The molecular weight excluding hydrogens is 368 g/mol. The van der Waals surface area contributed by atoms with Crippen LogP contribution in [0.25, 0.3) is 0 Å². The van der Waals surface area contributed by atoms with Gasteiger partial charge in [0.25, 0.3) is 0 Å². The van der Waals surface area contributed by atoms with Gasteiger partial charge >= 0.3 is 6.03 Å². The molecule has 152 valence electrons. The number of fused-ring (bicyclic) bond motifs is 1. The maximum Gasteiger partial charge on any atom is 0.323 e. The van der Waals surface area contributed by atoms with Crippen molar-refractivity contribution in [2.45, 2.75) is 33.2 Å². The van der Waals surface area contributed by atoms with Crippen LogP contribution >= 0.6 is 0 Å². The van der Waals surface area contributed by atoms with Crippen molar-refractivity contribution in [1.82, 2.24) is 5.32 Å². The van der Waals surface area contributed by atoms with E-state index in [1.807, 2.05) is 45.0 Å². The van der Waals surface area contributed by atoms with Gasteiger partial charge in [-0.25, -0.2) is 4.79 Å². The molecule has 0 bridgehead atoms. The van der Waals surface area contributed by atoms with Crippen LogP contribution in [0.4, 0.5) is 21.9 Å². The average Bonchev–Trinajstić information content (AvgIpc) is 2.72. The van der Waals surface area contributed by atoms with Gasteiger partial charge in [-0.1, -0.05) is 50.6 Å². The topological polar surface area (TPSA) is 90.5 Å². The van der Waals surface area contributed by atoms with Gasteiger partial charge in [0.15, 0.2) is 0 Å². The van der Waals surface area contributed by atoms with Gasteiger partial charge in [-0.05, 0) is 36.6 Å². The first-order chi connectivity index (χ1) is 13.9. The SMILES string of the molecule is CCC(C)C(NC(=O)N1CC(=O)Nc2ccccc21)C(=O)Nc1ccccc1C. The number of hydrogen-bond acceptors (Lipinski definition) is 3. The van der Waals surface area contributed by atoms with Crippen molar-refractivity contribution in [3.8, 4) is 0 Å². The summed E-state index contributed by atoms with van der Waals surface area (Å²) in [5.74, 6) is -0.642. The fraction of sp³-hybridized carbons (Fsp3) is 0.318. The van der Waals surface area contributed by atoms with Crippen molar-refractivity contribution in [3.63, 3.8) is 0 Å². The minimum atomic E-state index is -0.732. The van der Waals surface area contributed by atoms with E-state index in [1.54, 1.807) is 24.3 Å². The number of anilines is 3. The number of carbonyl (C=O) groups excluding carboxylic acids is 3. The molecule has 3 rings (SSSR count). The lowest BCUT2D eigenvalue weighted by atomic mass is 9.98. The second-order valence-electron chi connectivity index (χ2n) is 7.27. The van der Waals surface area contributed by atoms with Gasteiger partial charge in [0.05, 0.1) is 11.4 Å². The van der Waals surface area contributed by atoms with Crippen LogP contribution in [-0.2, 0) is 9.59 Å². The predicted octanol–water partition coefficient (Wildman–Crippen LogP) is 3.52. The Balaban J connectivity index is 1.80. The first-order valence-corrected chi connectivity index (χ1v) is 9.74. The van der Waals surface area contributed by atoms with E-state index in [9.17, 15) is 14.4 Å². The summed E-state index contributed by atoms with van der Waals surface area (Å²) in [5.41, 5.74) is 2.83. The number of amides is 4. The summed E-state index contributed by atoms with van der Waals surface area (Å²) in [4.78, 5) is 39.4. The van der Waals surface area contributed by atoms with Crippen molar-refractivity contribution in [2.75, 3.05) is 22.1 Å². The van der Waals surface area contributed by atoms with Crippen LogP contribution in [0.3, 0.4) is 0 Å². The molecule has 2 aromatic rings. The van der Waals surface area contributed by atoms with Crippen molar-refractivity contribution in [1.29, 1.82) is 0 Å². The second kappa shape index (κ2) is 8.77. The van der Waals surface area contributed by atoms with Gasteiger partial charge < -0.3 is 16.0 Å². The normalized spacial score (nSPS) is 15.0. The maximum absolute atomic E-state index is 13.0. The Morgan fingerprint density at radius 2 is 1.83 bits per heavy atom. The Morgan fingerprint density at radius 1 is 1.14 bits per heavy atom. The number of hydrogen-bond donors (Lipinski definition) is 3. The lowest BCUT2D eigenvalue weighted by Crippen LogP contribution is -2.54. The molecule has 0 fully saturated rings. The standard InChI is InChI=1S/C22H26N4O3/c1-4-14(2)20(21(28)24-16-10-6-5-9-15(16)3)25-22(29)26-13-19(27)23-17-11-7-8-12-18(17)26/h5-12,14,20H,4,13H2,1-3H3,(H,23,27)(H,24,28)(H,25,29). The molecule has 2 atom stereocenters. The lowest BCUT2D eigenvalue weighted by molar-refractivity contribution is -0.119. The Morgan fingerprint density at radius 3 is 2.55 bits per heavy atom. The van der Waals surface area contributed by atoms with E-state index in [0.717, 1.165) is 5.56 Å². The number of para-hydroxylation sites is 3. The number of urea groups is 1. The number of carbonyl (C=O) groups is 3. The summed E-state index contributed by atoms with van der Waals surface area (Å²) in [6, 6.07) is 13.4. The highest BCUT2D eigenvalue weighted by atomic mass is 16.2. The Bertz CT molecular complexity index is 928. The first kappa shape index (κ1) is 20.4. The zero-order valence-electron chi connectivity index (χ0n) is 16.9. The lowest BCUT2D eigenvalue weighted by Gasteiger charge is -2.32. The molecule has 0 saturated heterocycles. The largest absolute Gasteiger partial charge is 0.326 e. The quantitative estimate of drug-likeness (QED) is 0.725. The summed E-state index contributed by atoms with van der Waals surface area (Å²) in [5, 5.41) is 8.50. The summed E-state index contributed by atoms with van der Waals surface area (Å²) in [6.07, 6.45) is 0.712. The predicted molar refractivity (Wildman–Crippen MR) is 114 cm³/mol. The zero-order valence-corrected chi connectivity index (χ0v) is 16.9. The van der Waals surface area contributed by atoms with E-state index >= 15 is 0 Å². The third-order valence-corrected chi connectivity index (χ3v) is 5.19. The molecule has 3 N–H and O–H groups in total. The molecule has 0 spiro atoms. The fourth-order valence-corrected chi connectivity index (χ4v) is 3.25. The maximum atomic E-state index is 13.0. The van der Waals surface area contributed by atoms with Crippen LogP contribution in [-0.4, -0.2) is 30.4 Å². The van der Waals surface area contributed by atoms with E-state index in [-0.39, 0.29) is 24.3 Å². The van der Waals surface area contributed by atoms with Crippen molar-refractivity contribution < 1.29 is 14.4 Å². The van der Waals surface area contributed by atoms with Crippen LogP contribution in [0.5, 0.6) is 0 Å². The molecule has 7 nitrogen and oxygen atoms in total. The van der Waals surface area contributed by atoms with E-state index in [4.69, 9.17) is 0 Å². The number of rotatable bonds is 5. The molecule has 2 aromatic carbocycles. The number of aryl methyl sites for hydroxylation is 1. The average molecular weight is 394 g/mol. The van der Waals surface area contributed by atoms with Crippen LogP contribution in [0.15, 0.2) is 48.5 Å². The fourth-order valence-electron chi connectivity index (χ4n) is 3.25. The minimum absolute atomic E-state index is 0.0863. The zero-order chi connectivity index (χ0) is 21.0. The molecule has 1 aliphatic rings. The Labute approximate surface area is 170 Å². The van der Waals surface area contributed by atoms with Gasteiger partial charge in [0, 0.05) is 5.69 Å². The number of nitrogens with one attached hydrogen (secondary N) is 3. The van der Waals surface area contributed by atoms with Gasteiger partial charge in [0.1, 0.15) is 12.6 Å². The van der Waals surface area contributed by atoms with Gasteiger partial charge in [-0.15, -0.1) is 0 Å². The monoisotopic (exact) mass is 394 g/mol. The molecular formula is C22H26N4O3. The van der Waals surface area contributed by atoms with Crippen LogP contribution in [0, 0.1) is 12.8 Å².